The van der Waals surface area contributed by atoms with Crippen LogP contribution in [0.5, 0.6) is 11.5 Å². The SMILES string of the molecule is COc1ccc(COc2ccccc2CN)c(F)c1. The van der Waals surface area contributed by atoms with Crippen molar-refractivity contribution in [2.45, 2.75) is 13.2 Å². The number of nitrogens with two attached hydrogens (primary N) is 1. The van der Waals surface area contributed by atoms with E-state index in [4.69, 9.17) is 15.2 Å². The number of methoxy groups -OCH3 is 1. The van der Waals surface area contributed by atoms with Crippen LogP contribution in [0.1, 0.15) is 11.1 Å². The lowest BCUT2D eigenvalue weighted by molar-refractivity contribution is 0.296. The zero-order chi connectivity index (χ0) is 13.7. The number of rotatable bonds is 5. The number of halogens is 1. The maximum Gasteiger partial charge on any atom is 0.133 e. The highest BCUT2D eigenvalue weighted by atomic mass is 19.1. The van der Waals surface area contributed by atoms with Gasteiger partial charge in [0.05, 0.1) is 7.11 Å². The van der Waals surface area contributed by atoms with Crippen molar-refractivity contribution in [1.29, 1.82) is 0 Å². The van der Waals surface area contributed by atoms with Gasteiger partial charge in [0.15, 0.2) is 0 Å². The Kier molecular flexibility index (Phi) is 4.36. The molecule has 0 heterocycles. The van der Waals surface area contributed by atoms with Gasteiger partial charge in [0.2, 0.25) is 0 Å². The van der Waals surface area contributed by atoms with Gasteiger partial charge >= 0.3 is 0 Å². The molecule has 0 aromatic heterocycles. The Balaban J connectivity index is 2.10. The molecule has 2 N–H and O–H groups in total. The number of hydrogen-bond donors (Lipinski definition) is 1. The summed E-state index contributed by atoms with van der Waals surface area (Å²) >= 11 is 0. The molecule has 19 heavy (non-hydrogen) atoms. The van der Waals surface area contributed by atoms with Gasteiger partial charge < -0.3 is 15.2 Å². The van der Waals surface area contributed by atoms with E-state index in [1.165, 1.54) is 13.2 Å². The molecule has 0 fully saturated rings. The molecule has 0 aliphatic carbocycles. The van der Waals surface area contributed by atoms with Crippen molar-refractivity contribution >= 4 is 0 Å². The van der Waals surface area contributed by atoms with Crippen LogP contribution >= 0.6 is 0 Å². The Morgan fingerprint density at radius 2 is 1.89 bits per heavy atom. The molecule has 0 saturated heterocycles. The van der Waals surface area contributed by atoms with E-state index in [2.05, 4.69) is 0 Å². The van der Waals surface area contributed by atoms with Crippen LogP contribution in [0.4, 0.5) is 4.39 Å². The molecule has 2 rings (SSSR count). The van der Waals surface area contributed by atoms with Crippen LogP contribution < -0.4 is 15.2 Å². The summed E-state index contributed by atoms with van der Waals surface area (Å²) in [6.45, 7) is 0.550. The zero-order valence-corrected chi connectivity index (χ0v) is 10.7. The van der Waals surface area contributed by atoms with Crippen molar-refractivity contribution in [2.24, 2.45) is 5.73 Å². The molecule has 0 atom stereocenters. The highest BCUT2D eigenvalue weighted by Gasteiger charge is 2.06. The first-order valence-electron chi connectivity index (χ1n) is 5.97. The van der Waals surface area contributed by atoms with Crippen LogP contribution in [0, 0.1) is 5.82 Å². The fraction of sp³-hybridized carbons (Fsp3) is 0.200. The summed E-state index contributed by atoms with van der Waals surface area (Å²) in [5, 5.41) is 0. The van der Waals surface area contributed by atoms with Gasteiger partial charge in [-0.3, -0.25) is 0 Å². The van der Waals surface area contributed by atoms with E-state index in [-0.39, 0.29) is 12.4 Å². The second kappa shape index (κ2) is 6.20. The second-order valence-electron chi connectivity index (χ2n) is 4.06. The van der Waals surface area contributed by atoms with Crippen LogP contribution in [0.25, 0.3) is 0 Å². The number of benzene rings is 2. The first-order valence-corrected chi connectivity index (χ1v) is 5.97. The number of ether oxygens (including phenoxy) is 2. The molecule has 0 bridgehead atoms. The quantitative estimate of drug-likeness (QED) is 0.900. The molecule has 0 saturated carbocycles. The Bertz CT molecular complexity index is 558. The van der Waals surface area contributed by atoms with Gasteiger partial charge in [-0.2, -0.15) is 0 Å². The van der Waals surface area contributed by atoms with E-state index in [1.54, 1.807) is 12.1 Å². The van der Waals surface area contributed by atoms with E-state index in [9.17, 15) is 4.39 Å². The summed E-state index contributed by atoms with van der Waals surface area (Å²) in [6.07, 6.45) is 0. The Hall–Kier alpha value is -2.07. The predicted octanol–water partition coefficient (Wildman–Crippen LogP) is 2.87. The van der Waals surface area contributed by atoms with Gasteiger partial charge in [-0.05, 0) is 18.2 Å². The molecular weight excluding hydrogens is 245 g/mol. The first-order chi connectivity index (χ1) is 9.24. The molecule has 0 unspecified atom stereocenters. The van der Waals surface area contributed by atoms with E-state index in [0.29, 0.717) is 23.6 Å². The van der Waals surface area contributed by atoms with Gasteiger partial charge in [-0.25, -0.2) is 4.39 Å². The van der Waals surface area contributed by atoms with Crippen molar-refractivity contribution in [3.05, 3.63) is 59.4 Å². The average Bonchev–Trinajstić information content (AvgIpc) is 2.46. The number of para-hydroxylation sites is 1. The van der Waals surface area contributed by atoms with Gasteiger partial charge in [0.25, 0.3) is 0 Å². The summed E-state index contributed by atoms with van der Waals surface area (Å²) in [5.41, 5.74) is 7.00. The van der Waals surface area contributed by atoms with Crippen LogP contribution in [-0.4, -0.2) is 7.11 Å². The standard InChI is InChI=1S/C15H16FNO2/c1-18-13-7-6-12(14(16)8-13)10-19-15-5-3-2-4-11(15)9-17/h2-8H,9-10,17H2,1H3. The van der Waals surface area contributed by atoms with Crippen molar-refractivity contribution in [1.82, 2.24) is 0 Å². The minimum atomic E-state index is -0.343. The number of hydrogen-bond acceptors (Lipinski definition) is 3. The molecule has 4 heteroatoms. The van der Waals surface area contributed by atoms with Gasteiger partial charge in [0, 0.05) is 23.7 Å². The summed E-state index contributed by atoms with van der Waals surface area (Å²) in [4.78, 5) is 0. The van der Waals surface area contributed by atoms with Crippen LogP contribution in [0.15, 0.2) is 42.5 Å². The molecule has 2 aromatic rings. The minimum absolute atomic E-state index is 0.160. The molecule has 3 nitrogen and oxygen atoms in total. The van der Waals surface area contributed by atoms with Crippen molar-refractivity contribution < 1.29 is 13.9 Å². The lowest BCUT2D eigenvalue weighted by Gasteiger charge is -2.11. The van der Waals surface area contributed by atoms with Crippen molar-refractivity contribution in [2.75, 3.05) is 7.11 Å². The van der Waals surface area contributed by atoms with Crippen molar-refractivity contribution in [3.63, 3.8) is 0 Å². The third-order valence-corrected chi connectivity index (χ3v) is 2.84. The maximum absolute atomic E-state index is 13.7. The zero-order valence-electron chi connectivity index (χ0n) is 10.7. The summed E-state index contributed by atoms with van der Waals surface area (Å²) in [6, 6.07) is 12.2. The monoisotopic (exact) mass is 261 g/mol. The second-order valence-corrected chi connectivity index (χ2v) is 4.06. The lowest BCUT2D eigenvalue weighted by Crippen LogP contribution is -2.03. The van der Waals surface area contributed by atoms with Crippen LogP contribution in [-0.2, 0) is 13.2 Å². The Labute approximate surface area is 111 Å². The van der Waals surface area contributed by atoms with Gasteiger partial charge in [0.1, 0.15) is 23.9 Å². The largest absolute Gasteiger partial charge is 0.497 e. The van der Waals surface area contributed by atoms with Gasteiger partial charge in [-0.15, -0.1) is 0 Å². The molecule has 2 aromatic carbocycles. The third-order valence-electron chi connectivity index (χ3n) is 2.84. The molecule has 0 aliphatic rings. The minimum Gasteiger partial charge on any atom is -0.497 e. The van der Waals surface area contributed by atoms with E-state index in [1.807, 2.05) is 24.3 Å². The van der Waals surface area contributed by atoms with E-state index < -0.39 is 0 Å². The molecule has 100 valence electrons. The molecule has 0 amide bonds. The molecular formula is C15H16FNO2. The topological polar surface area (TPSA) is 44.5 Å². The lowest BCUT2D eigenvalue weighted by atomic mass is 10.2. The van der Waals surface area contributed by atoms with Crippen molar-refractivity contribution in [3.8, 4) is 11.5 Å². The fourth-order valence-electron chi connectivity index (χ4n) is 1.74. The average molecular weight is 261 g/mol. The third kappa shape index (κ3) is 3.23. The van der Waals surface area contributed by atoms with Crippen LogP contribution in [0.3, 0.4) is 0 Å². The highest BCUT2D eigenvalue weighted by molar-refractivity contribution is 5.34. The maximum atomic E-state index is 13.7. The fourth-order valence-corrected chi connectivity index (χ4v) is 1.74. The van der Waals surface area contributed by atoms with Crippen LogP contribution in [0.2, 0.25) is 0 Å². The first kappa shape index (κ1) is 13.4. The van der Waals surface area contributed by atoms with E-state index >= 15 is 0 Å². The predicted molar refractivity (Wildman–Crippen MR) is 71.6 cm³/mol. The molecule has 0 spiro atoms. The highest BCUT2D eigenvalue weighted by Crippen LogP contribution is 2.21. The normalized spacial score (nSPS) is 10.3. The van der Waals surface area contributed by atoms with Gasteiger partial charge in [-0.1, -0.05) is 18.2 Å². The summed E-state index contributed by atoms with van der Waals surface area (Å²) in [7, 11) is 1.50. The smallest absolute Gasteiger partial charge is 0.133 e. The molecule has 0 aliphatic heterocycles. The Morgan fingerprint density at radius 3 is 2.58 bits per heavy atom. The summed E-state index contributed by atoms with van der Waals surface area (Å²) in [5.74, 6) is 0.827. The Morgan fingerprint density at radius 1 is 1.11 bits per heavy atom. The summed E-state index contributed by atoms with van der Waals surface area (Å²) < 4.78 is 24.3. The van der Waals surface area contributed by atoms with E-state index in [0.717, 1.165) is 5.56 Å². The molecule has 0 radical (unpaired) electrons.